The molecule has 0 unspecified atom stereocenters. The van der Waals surface area contributed by atoms with Crippen molar-refractivity contribution in [3.63, 3.8) is 0 Å². The summed E-state index contributed by atoms with van der Waals surface area (Å²) in [5.74, 6) is -0.125. The van der Waals surface area contributed by atoms with Crippen LogP contribution in [-0.2, 0) is 35.8 Å². The van der Waals surface area contributed by atoms with Crippen LogP contribution in [-0.4, -0.2) is 45.4 Å². The van der Waals surface area contributed by atoms with Gasteiger partial charge in [0.1, 0.15) is 11.6 Å². The largest absolute Gasteiger partial charge is 0.412 e. The van der Waals surface area contributed by atoms with Gasteiger partial charge >= 0.3 is 0 Å². The van der Waals surface area contributed by atoms with Gasteiger partial charge in [0.05, 0.1) is 6.42 Å². The van der Waals surface area contributed by atoms with E-state index in [0.717, 1.165) is 0 Å². The second kappa shape index (κ2) is 22.6. The molecule has 0 aromatic carbocycles. The van der Waals surface area contributed by atoms with Gasteiger partial charge in [-0.2, -0.15) is 0 Å². The van der Waals surface area contributed by atoms with Crippen LogP contribution in [0.5, 0.6) is 0 Å². The first-order valence-corrected chi connectivity index (χ1v) is 2.12. The molecule has 0 aliphatic carbocycles. The Balaban J connectivity index is -0.0000000180. The summed E-state index contributed by atoms with van der Waals surface area (Å²) in [5.41, 5.74) is 0. The van der Waals surface area contributed by atoms with Gasteiger partial charge in [0.25, 0.3) is 0 Å². The van der Waals surface area contributed by atoms with E-state index in [1.54, 1.807) is 0 Å². The van der Waals surface area contributed by atoms with Crippen molar-refractivity contribution in [1.82, 2.24) is 0 Å². The quantitative estimate of drug-likeness (QED) is 0.390. The minimum absolute atomic E-state index is 0. The molecule has 7 heteroatoms. The van der Waals surface area contributed by atoms with Crippen LogP contribution in [0, 0.1) is 0 Å². The van der Waals surface area contributed by atoms with E-state index in [-0.39, 0.29) is 78.0 Å². The Bertz CT molecular complexity index is 96.0. The summed E-state index contributed by atoms with van der Waals surface area (Å²) in [6, 6.07) is 0. The number of hydrogen-bond donors (Lipinski definition) is 0. The molecule has 74 valence electrons. The smallest absolute Gasteiger partial charge is 0.187 e. The molecule has 0 aromatic rings. The van der Waals surface area contributed by atoms with Gasteiger partial charge in [0.2, 0.25) is 0 Å². The number of ketones is 2. The average Bonchev–Trinajstić information content (AvgIpc) is 1.27. The summed E-state index contributed by atoms with van der Waals surface area (Å²) in [6.45, 7) is 2.81. The maximum atomic E-state index is 10.0. The molecule has 0 amide bonds. The van der Waals surface area contributed by atoms with E-state index >= 15 is 0 Å². The van der Waals surface area contributed by atoms with Crippen LogP contribution in [0.3, 0.4) is 0 Å². The van der Waals surface area contributed by atoms with Crippen molar-refractivity contribution >= 4 is 28.9 Å². The second-order valence-electron chi connectivity index (χ2n) is 1.58. The summed E-state index contributed by atoms with van der Waals surface area (Å²) >= 11 is 0. The van der Waals surface area contributed by atoms with Crippen molar-refractivity contribution in [3.05, 3.63) is 0 Å². The van der Waals surface area contributed by atoms with E-state index in [1.807, 2.05) is 0 Å². The first kappa shape index (κ1) is 38.9. The molecule has 12 heavy (non-hydrogen) atoms. The molecule has 0 aliphatic rings. The molecule has 0 bridgehead atoms. The van der Waals surface area contributed by atoms with E-state index < -0.39 is 0 Å². The van der Waals surface area contributed by atoms with Crippen molar-refractivity contribution in [2.24, 2.45) is 0 Å². The summed E-state index contributed by atoms with van der Waals surface area (Å²) < 4.78 is 0. The first-order valence-electron chi connectivity index (χ1n) is 2.12. The van der Waals surface area contributed by atoms with Gasteiger partial charge in [-0.15, -0.1) is 0 Å². The van der Waals surface area contributed by atoms with Crippen molar-refractivity contribution < 1.29 is 52.2 Å². The Morgan fingerprint density at radius 3 is 1.08 bits per heavy atom. The minimum Gasteiger partial charge on any atom is -0.412 e. The molecule has 0 spiro atoms. The van der Waals surface area contributed by atoms with Gasteiger partial charge in [-0.1, -0.05) is 0 Å². The van der Waals surface area contributed by atoms with Crippen LogP contribution in [0.2, 0.25) is 0 Å². The molecule has 0 fully saturated rings. The summed E-state index contributed by atoms with van der Waals surface area (Å²) in [6.07, 6.45) is 0.0833. The van der Waals surface area contributed by atoms with Gasteiger partial charge in [-0.05, 0) is 13.8 Å². The van der Waals surface area contributed by atoms with Crippen LogP contribution >= 0.6 is 0 Å². The van der Waals surface area contributed by atoms with Crippen molar-refractivity contribution in [2.75, 3.05) is 0 Å². The van der Waals surface area contributed by atoms with Crippen LogP contribution in [0.1, 0.15) is 20.3 Å². The number of carbonyl (C=O) groups is 2. The zero-order chi connectivity index (χ0) is 5.86. The van der Waals surface area contributed by atoms with Crippen LogP contribution in [0.25, 0.3) is 0 Å². The predicted molar refractivity (Wildman–Crippen MR) is 46.8 cm³/mol. The zero-order valence-electron chi connectivity index (χ0n) is 6.52. The number of Topliss-reactive ketones (excluding diaryl/α,β-unsaturated/α-hetero) is 2. The molecule has 6 N–H and O–H groups in total. The molecule has 0 saturated heterocycles. The fourth-order valence-electron chi connectivity index (χ4n) is 0.351. The number of rotatable bonds is 2. The third kappa shape index (κ3) is 46.0. The molecule has 0 rings (SSSR count). The van der Waals surface area contributed by atoms with Crippen molar-refractivity contribution in [1.29, 1.82) is 0 Å². The minimum atomic E-state index is -0.0625. The molecule has 0 aliphatic heterocycles. The summed E-state index contributed by atoms with van der Waals surface area (Å²) in [5, 5.41) is 0. The van der Waals surface area contributed by atoms with Crippen LogP contribution in [0.4, 0.5) is 0 Å². The van der Waals surface area contributed by atoms with Gasteiger partial charge in [0, 0.05) is 26.2 Å². The molecule has 0 atom stereocenters. The third-order valence-electron chi connectivity index (χ3n) is 0.498. The topological polar surface area (TPSA) is 129 Å². The molecule has 0 radical (unpaired) electrons. The van der Waals surface area contributed by atoms with Crippen LogP contribution < -0.4 is 0 Å². The Kier molecular flexibility index (Phi) is 73.1. The number of hydrogen-bond acceptors (Lipinski definition) is 2. The van der Waals surface area contributed by atoms with E-state index in [1.165, 1.54) is 13.8 Å². The molecular weight excluding hydrogens is 258 g/mol. The Hall–Kier alpha value is 0.636. The van der Waals surface area contributed by atoms with Gasteiger partial charge in [-0.3, -0.25) is 9.59 Å². The fraction of sp³-hybridized carbons (Fsp3) is 0.600. The molecule has 5 nitrogen and oxygen atoms in total. The average molecular weight is 275 g/mol. The Morgan fingerprint density at radius 2 is 1.08 bits per heavy atom. The maximum Gasteiger partial charge on any atom is 0.187 e. The van der Waals surface area contributed by atoms with E-state index in [4.69, 9.17) is 0 Å². The van der Waals surface area contributed by atoms with E-state index in [2.05, 4.69) is 0 Å². The van der Waals surface area contributed by atoms with Gasteiger partial charge < -0.3 is 16.4 Å². The Morgan fingerprint density at radius 1 is 0.917 bits per heavy atom. The normalized spacial score (nSPS) is 4.83. The first-order chi connectivity index (χ1) is 3.13. The fourth-order valence-corrected chi connectivity index (χ4v) is 0.351. The molecular formula is C5H17AlO5Zr. The monoisotopic (exact) mass is 274 g/mol. The molecule has 0 saturated carbocycles. The second-order valence-corrected chi connectivity index (χ2v) is 1.58. The van der Waals surface area contributed by atoms with Gasteiger partial charge in [0.15, 0.2) is 17.4 Å². The standard InChI is InChI=1S/C5H8O2.Al.3H2O.Zr.3H/c1-4(6)3-5(2)7;;;;;;;;/h3H2,1-2H3;;3*1H2;;;;. The zero-order valence-corrected chi connectivity index (χ0v) is 8.98. The van der Waals surface area contributed by atoms with E-state index in [0.29, 0.717) is 0 Å². The van der Waals surface area contributed by atoms with Crippen LogP contribution in [0.15, 0.2) is 0 Å². The van der Waals surface area contributed by atoms with Gasteiger partial charge in [-0.25, -0.2) is 0 Å². The Labute approximate surface area is 101 Å². The number of carbonyl (C=O) groups excluding carboxylic acids is 2. The SMILES string of the molecule is CC(=O)CC(C)=O.O.O.O.[AlH3].[Zr]. The molecule has 0 aromatic heterocycles. The predicted octanol–water partition coefficient (Wildman–Crippen LogP) is -3.11. The maximum absolute atomic E-state index is 10.0. The van der Waals surface area contributed by atoms with E-state index in [9.17, 15) is 9.59 Å². The third-order valence-corrected chi connectivity index (χ3v) is 0.498. The summed E-state index contributed by atoms with van der Waals surface area (Å²) in [7, 11) is 0. The van der Waals surface area contributed by atoms with Crippen molar-refractivity contribution in [2.45, 2.75) is 20.3 Å². The van der Waals surface area contributed by atoms with Crippen molar-refractivity contribution in [3.8, 4) is 0 Å². The molecule has 0 heterocycles. The summed E-state index contributed by atoms with van der Waals surface area (Å²) in [4.78, 5) is 20.1.